The molecule has 0 unspecified atom stereocenters. The molecule has 1 aliphatic heterocycles. The van der Waals surface area contributed by atoms with Crippen LogP contribution in [0.1, 0.15) is 23.8 Å². The van der Waals surface area contributed by atoms with Gasteiger partial charge in [-0.15, -0.1) is 21.5 Å². The lowest BCUT2D eigenvalue weighted by molar-refractivity contribution is -0.133. The molecule has 146 valence electrons. The Morgan fingerprint density at radius 3 is 2.79 bits per heavy atom. The molecule has 3 heterocycles. The molecule has 0 saturated carbocycles. The molecule has 1 aliphatic rings. The molecule has 0 N–H and O–H groups in total. The van der Waals surface area contributed by atoms with Crippen molar-refractivity contribution in [1.29, 1.82) is 0 Å². The summed E-state index contributed by atoms with van der Waals surface area (Å²) in [6.45, 7) is 1.56. The van der Waals surface area contributed by atoms with Gasteiger partial charge < -0.3 is 4.90 Å². The summed E-state index contributed by atoms with van der Waals surface area (Å²) < 4.78 is 1.20. The predicted octanol–water partition coefficient (Wildman–Crippen LogP) is 3.36. The Bertz CT molecular complexity index is 1110. The quantitative estimate of drug-likeness (QED) is 0.521. The Balaban J connectivity index is 1.27. The van der Waals surface area contributed by atoms with Gasteiger partial charge in [-0.3, -0.25) is 4.79 Å². The van der Waals surface area contributed by atoms with Crippen LogP contribution in [0.4, 0.5) is 0 Å². The van der Waals surface area contributed by atoms with E-state index in [1.165, 1.54) is 9.50 Å². The number of hydrogen-bond acceptors (Lipinski definition) is 6. The lowest BCUT2D eigenvalue weighted by Crippen LogP contribution is -2.41. The molecule has 2 aromatic heterocycles. The van der Waals surface area contributed by atoms with Crippen molar-refractivity contribution in [2.75, 3.05) is 13.1 Å². The monoisotopic (exact) mass is 404 g/mol. The van der Waals surface area contributed by atoms with Crippen LogP contribution in [-0.4, -0.2) is 49.1 Å². The van der Waals surface area contributed by atoms with Crippen molar-refractivity contribution < 1.29 is 4.79 Å². The number of thiazole rings is 1. The van der Waals surface area contributed by atoms with Crippen LogP contribution in [0.3, 0.4) is 0 Å². The smallest absolute Gasteiger partial charge is 0.246 e. The van der Waals surface area contributed by atoms with Crippen molar-refractivity contribution >= 4 is 27.5 Å². The molecular weight excluding hydrogens is 384 g/mol. The van der Waals surface area contributed by atoms with E-state index >= 15 is 0 Å². The van der Waals surface area contributed by atoms with E-state index in [2.05, 4.69) is 21.5 Å². The SMILES string of the molecule is O=C(Cn1nnc(-c2ccccc2)n1)N1CCC[C@H](c2nc3ccccc3s2)C1. The zero-order valence-electron chi connectivity index (χ0n) is 15.8. The van der Waals surface area contributed by atoms with Gasteiger partial charge in [0.05, 0.1) is 15.2 Å². The van der Waals surface area contributed by atoms with Crippen LogP contribution in [0.5, 0.6) is 0 Å². The number of carbonyl (C=O) groups is 1. The standard InChI is InChI=1S/C21H20N6OS/c28-19(14-27-24-20(23-25-27)15-7-2-1-3-8-15)26-12-6-9-16(13-26)21-22-17-10-4-5-11-18(17)29-21/h1-5,7-8,10-11,16H,6,9,12-14H2/t16-/m0/s1. The summed E-state index contributed by atoms with van der Waals surface area (Å²) in [4.78, 5) is 20.9. The Morgan fingerprint density at radius 1 is 1.10 bits per heavy atom. The lowest BCUT2D eigenvalue weighted by atomic mass is 9.98. The van der Waals surface area contributed by atoms with Gasteiger partial charge in [0.1, 0.15) is 6.54 Å². The van der Waals surface area contributed by atoms with Crippen LogP contribution in [-0.2, 0) is 11.3 Å². The topological polar surface area (TPSA) is 76.8 Å². The maximum Gasteiger partial charge on any atom is 0.246 e. The summed E-state index contributed by atoms with van der Waals surface area (Å²) in [7, 11) is 0. The largest absolute Gasteiger partial charge is 0.340 e. The number of carbonyl (C=O) groups excluding carboxylic acids is 1. The fourth-order valence-corrected chi connectivity index (χ4v) is 4.80. The normalized spacial score (nSPS) is 17.0. The Labute approximate surface area is 172 Å². The first-order valence-corrected chi connectivity index (χ1v) is 10.5. The summed E-state index contributed by atoms with van der Waals surface area (Å²) >= 11 is 1.73. The van der Waals surface area contributed by atoms with E-state index in [9.17, 15) is 4.79 Å². The van der Waals surface area contributed by atoms with Crippen LogP contribution in [0.25, 0.3) is 21.6 Å². The van der Waals surface area contributed by atoms with Crippen molar-refractivity contribution in [3.05, 3.63) is 59.6 Å². The molecule has 1 atom stereocenters. The second-order valence-electron chi connectivity index (χ2n) is 7.21. The summed E-state index contributed by atoms with van der Waals surface area (Å²) in [5.74, 6) is 0.839. The number of likely N-dealkylation sites (tertiary alicyclic amines) is 1. The summed E-state index contributed by atoms with van der Waals surface area (Å²) in [5.41, 5.74) is 1.93. The second kappa shape index (κ2) is 7.71. The number of piperidine rings is 1. The number of fused-ring (bicyclic) bond motifs is 1. The van der Waals surface area contributed by atoms with Crippen LogP contribution in [0, 0.1) is 0 Å². The van der Waals surface area contributed by atoms with Gasteiger partial charge in [0.25, 0.3) is 0 Å². The number of hydrogen-bond donors (Lipinski definition) is 0. The van der Waals surface area contributed by atoms with Gasteiger partial charge in [0.15, 0.2) is 0 Å². The fraction of sp³-hybridized carbons (Fsp3) is 0.286. The first-order valence-electron chi connectivity index (χ1n) is 9.73. The molecule has 0 radical (unpaired) electrons. The molecule has 0 aliphatic carbocycles. The molecule has 5 rings (SSSR count). The van der Waals surface area contributed by atoms with Gasteiger partial charge >= 0.3 is 0 Å². The highest BCUT2D eigenvalue weighted by molar-refractivity contribution is 7.18. The van der Waals surface area contributed by atoms with Gasteiger partial charge in [0.2, 0.25) is 11.7 Å². The van der Waals surface area contributed by atoms with Crippen LogP contribution >= 0.6 is 11.3 Å². The van der Waals surface area contributed by atoms with Crippen LogP contribution in [0.2, 0.25) is 0 Å². The van der Waals surface area contributed by atoms with Gasteiger partial charge in [-0.2, -0.15) is 4.80 Å². The highest BCUT2D eigenvalue weighted by Gasteiger charge is 2.27. The van der Waals surface area contributed by atoms with Gasteiger partial charge in [-0.25, -0.2) is 4.98 Å². The second-order valence-corrected chi connectivity index (χ2v) is 8.27. The molecule has 2 aromatic carbocycles. The zero-order chi connectivity index (χ0) is 19.6. The van der Waals surface area contributed by atoms with Crippen molar-refractivity contribution in [2.24, 2.45) is 0 Å². The van der Waals surface area contributed by atoms with E-state index in [1.807, 2.05) is 53.4 Å². The number of nitrogens with zero attached hydrogens (tertiary/aromatic N) is 6. The van der Waals surface area contributed by atoms with E-state index in [4.69, 9.17) is 4.98 Å². The van der Waals surface area contributed by atoms with E-state index in [0.29, 0.717) is 12.4 Å². The average molecular weight is 404 g/mol. The molecular formula is C21H20N6OS. The van der Waals surface area contributed by atoms with Crippen molar-refractivity contribution in [1.82, 2.24) is 30.1 Å². The average Bonchev–Trinajstić information content (AvgIpc) is 3.41. The van der Waals surface area contributed by atoms with Gasteiger partial charge in [0, 0.05) is 24.6 Å². The summed E-state index contributed by atoms with van der Waals surface area (Å²) in [6, 6.07) is 17.8. The number of para-hydroxylation sites is 1. The molecule has 1 fully saturated rings. The molecule has 7 nitrogen and oxygen atoms in total. The lowest BCUT2D eigenvalue weighted by Gasteiger charge is -2.31. The van der Waals surface area contributed by atoms with E-state index < -0.39 is 0 Å². The van der Waals surface area contributed by atoms with Crippen molar-refractivity contribution in [2.45, 2.75) is 25.3 Å². The molecule has 1 amide bonds. The third-order valence-corrected chi connectivity index (χ3v) is 6.39. The minimum Gasteiger partial charge on any atom is -0.340 e. The third-order valence-electron chi connectivity index (χ3n) is 5.20. The predicted molar refractivity (Wildman–Crippen MR) is 111 cm³/mol. The number of tetrazole rings is 1. The van der Waals surface area contributed by atoms with Gasteiger partial charge in [-0.05, 0) is 30.2 Å². The van der Waals surface area contributed by atoms with E-state index in [-0.39, 0.29) is 18.4 Å². The minimum absolute atomic E-state index is 0.0211. The van der Waals surface area contributed by atoms with Crippen LogP contribution < -0.4 is 0 Å². The first kappa shape index (κ1) is 17.9. The number of rotatable bonds is 4. The Kier molecular flexibility index (Phi) is 4.77. The fourth-order valence-electron chi connectivity index (χ4n) is 3.70. The zero-order valence-corrected chi connectivity index (χ0v) is 16.6. The van der Waals surface area contributed by atoms with Crippen molar-refractivity contribution in [3.63, 3.8) is 0 Å². The Hall–Kier alpha value is -3.13. The Morgan fingerprint density at radius 2 is 1.93 bits per heavy atom. The molecule has 4 aromatic rings. The number of aromatic nitrogens is 5. The van der Waals surface area contributed by atoms with E-state index in [0.717, 1.165) is 35.5 Å². The highest BCUT2D eigenvalue weighted by atomic mass is 32.1. The number of benzene rings is 2. The van der Waals surface area contributed by atoms with Crippen LogP contribution in [0.15, 0.2) is 54.6 Å². The summed E-state index contributed by atoms with van der Waals surface area (Å²) in [5, 5.41) is 13.6. The molecule has 1 saturated heterocycles. The minimum atomic E-state index is 0.0211. The first-order chi connectivity index (χ1) is 14.3. The maximum atomic E-state index is 12.8. The number of amides is 1. The van der Waals surface area contributed by atoms with Crippen molar-refractivity contribution in [3.8, 4) is 11.4 Å². The third kappa shape index (κ3) is 3.75. The van der Waals surface area contributed by atoms with Gasteiger partial charge in [-0.1, -0.05) is 42.5 Å². The maximum absolute atomic E-state index is 12.8. The molecule has 8 heteroatoms. The molecule has 0 bridgehead atoms. The highest BCUT2D eigenvalue weighted by Crippen LogP contribution is 2.33. The molecule has 29 heavy (non-hydrogen) atoms. The summed E-state index contributed by atoms with van der Waals surface area (Å²) in [6.07, 6.45) is 2.04. The molecule has 0 spiro atoms. The van der Waals surface area contributed by atoms with E-state index in [1.54, 1.807) is 11.3 Å².